The molecule has 2 aromatic heterocycles. The van der Waals surface area contributed by atoms with Crippen LogP contribution < -0.4 is 9.80 Å². The summed E-state index contributed by atoms with van der Waals surface area (Å²) in [6.45, 7) is 4.50. The molecule has 2 fully saturated rings. The van der Waals surface area contributed by atoms with Gasteiger partial charge in [-0.3, -0.25) is 4.68 Å². The monoisotopic (exact) mass is 358 g/mol. The van der Waals surface area contributed by atoms with Crippen molar-refractivity contribution in [2.24, 2.45) is 0 Å². The Bertz CT molecular complexity index is 710. The van der Waals surface area contributed by atoms with Gasteiger partial charge in [-0.2, -0.15) is 10.1 Å². The first-order valence-electron chi connectivity index (χ1n) is 9.27. The van der Waals surface area contributed by atoms with Crippen LogP contribution in [0.15, 0.2) is 24.5 Å². The molecule has 0 radical (unpaired) electrons. The van der Waals surface area contributed by atoms with Crippen molar-refractivity contribution in [3.8, 4) is 0 Å². The van der Waals surface area contributed by atoms with E-state index >= 15 is 0 Å². The van der Waals surface area contributed by atoms with E-state index in [1.54, 1.807) is 6.20 Å². The Balaban J connectivity index is 1.47. The van der Waals surface area contributed by atoms with Gasteiger partial charge in [0.15, 0.2) is 0 Å². The molecular weight excluding hydrogens is 332 g/mol. The van der Waals surface area contributed by atoms with Crippen molar-refractivity contribution in [2.45, 2.75) is 31.4 Å². The topological polar surface area (TPSA) is 79.5 Å². The van der Waals surface area contributed by atoms with Crippen LogP contribution in [0.4, 0.5) is 11.8 Å². The van der Waals surface area contributed by atoms with Gasteiger partial charge in [0, 0.05) is 64.2 Å². The normalized spacial score (nSPS) is 20.4. The van der Waals surface area contributed by atoms with E-state index in [0.717, 1.165) is 50.7 Å². The van der Waals surface area contributed by atoms with Gasteiger partial charge in [-0.05, 0) is 18.9 Å². The van der Waals surface area contributed by atoms with Crippen LogP contribution >= 0.6 is 0 Å². The van der Waals surface area contributed by atoms with Crippen molar-refractivity contribution >= 4 is 11.8 Å². The number of β-amino-alcohol motifs (C(OH)–C–C–N with tert-alkyl or cyclic N) is 1. The molecule has 1 N–H and O–H groups in total. The minimum atomic E-state index is -0.271. The smallest absolute Gasteiger partial charge is 0.227 e. The number of nitrogens with zero attached hydrogens (tertiary/aromatic N) is 6. The number of rotatable bonds is 7. The average Bonchev–Trinajstić information content (AvgIpc) is 3.32. The SMILES string of the molecule is CN(CCCn1cccn1)c1cc(C2CCOC2)nc(N2CC(O)C2)n1. The van der Waals surface area contributed by atoms with Crippen LogP contribution in [0.5, 0.6) is 0 Å². The molecule has 0 saturated carbocycles. The molecular formula is C18H26N6O2. The van der Waals surface area contributed by atoms with Crippen LogP contribution in [0.3, 0.4) is 0 Å². The van der Waals surface area contributed by atoms with Crippen LogP contribution in [0.1, 0.15) is 24.5 Å². The lowest BCUT2D eigenvalue weighted by molar-refractivity contribution is 0.140. The Hall–Kier alpha value is -2.19. The van der Waals surface area contributed by atoms with Gasteiger partial charge in [0.05, 0.1) is 18.4 Å². The van der Waals surface area contributed by atoms with Crippen LogP contribution in [0.2, 0.25) is 0 Å². The average molecular weight is 358 g/mol. The number of aryl methyl sites for hydroxylation is 1. The summed E-state index contributed by atoms with van der Waals surface area (Å²) < 4.78 is 7.48. The zero-order valence-electron chi connectivity index (χ0n) is 15.2. The van der Waals surface area contributed by atoms with Crippen molar-refractivity contribution in [3.63, 3.8) is 0 Å². The highest BCUT2D eigenvalue weighted by atomic mass is 16.5. The lowest BCUT2D eigenvalue weighted by Crippen LogP contribution is -2.51. The molecule has 140 valence electrons. The van der Waals surface area contributed by atoms with Gasteiger partial charge in [0.1, 0.15) is 5.82 Å². The molecule has 1 unspecified atom stereocenters. The van der Waals surface area contributed by atoms with E-state index in [2.05, 4.69) is 23.1 Å². The van der Waals surface area contributed by atoms with E-state index in [9.17, 15) is 5.11 Å². The Morgan fingerprint density at radius 1 is 1.35 bits per heavy atom. The van der Waals surface area contributed by atoms with Crippen molar-refractivity contribution < 1.29 is 9.84 Å². The highest BCUT2D eigenvalue weighted by molar-refractivity contribution is 5.47. The summed E-state index contributed by atoms with van der Waals surface area (Å²) in [5, 5.41) is 13.9. The minimum absolute atomic E-state index is 0.271. The Morgan fingerprint density at radius 3 is 2.92 bits per heavy atom. The Labute approximate surface area is 153 Å². The minimum Gasteiger partial charge on any atom is -0.389 e. The predicted molar refractivity (Wildman–Crippen MR) is 98.5 cm³/mol. The van der Waals surface area contributed by atoms with Crippen LogP contribution in [0.25, 0.3) is 0 Å². The van der Waals surface area contributed by atoms with Gasteiger partial charge in [-0.15, -0.1) is 0 Å². The molecule has 8 heteroatoms. The second kappa shape index (κ2) is 7.59. The maximum Gasteiger partial charge on any atom is 0.227 e. The van der Waals surface area contributed by atoms with Gasteiger partial charge in [-0.25, -0.2) is 4.98 Å². The van der Waals surface area contributed by atoms with E-state index in [-0.39, 0.29) is 6.10 Å². The highest BCUT2D eigenvalue weighted by Crippen LogP contribution is 2.29. The standard InChI is InChI=1S/C18H26N6O2/c1-22(6-3-8-24-7-2-5-19-24)17-10-16(14-4-9-26-13-14)20-18(21-17)23-11-15(25)12-23/h2,5,7,10,14-15,25H,3-4,6,8-9,11-13H2,1H3. The summed E-state index contributed by atoms with van der Waals surface area (Å²) in [7, 11) is 2.06. The van der Waals surface area contributed by atoms with Crippen LogP contribution in [0, 0.1) is 0 Å². The number of hydrogen-bond acceptors (Lipinski definition) is 7. The van der Waals surface area contributed by atoms with Crippen molar-refractivity contribution in [1.29, 1.82) is 0 Å². The number of aliphatic hydroxyl groups is 1. The van der Waals surface area contributed by atoms with Gasteiger partial charge in [0.25, 0.3) is 0 Å². The Morgan fingerprint density at radius 2 is 2.23 bits per heavy atom. The molecule has 4 rings (SSSR count). The molecule has 0 aromatic carbocycles. The molecule has 4 heterocycles. The fourth-order valence-corrected chi connectivity index (χ4v) is 3.39. The Kier molecular flexibility index (Phi) is 5.03. The van der Waals surface area contributed by atoms with Gasteiger partial charge in [0.2, 0.25) is 5.95 Å². The first-order chi connectivity index (χ1) is 12.7. The third-order valence-electron chi connectivity index (χ3n) is 5.04. The molecule has 1 atom stereocenters. The number of aromatic nitrogens is 4. The van der Waals surface area contributed by atoms with Gasteiger partial charge in [-0.1, -0.05) is 0 Å². The summed E-state index contributed by atoms with van der Waals surface area (Å²) in [6.07, 6.45) is 5.50. The number of anilines is 2. The maximum atomic E-state index is 9.61. The van der Waals surface area contributed by atoms with Crippen LogP contribution in [-0.4, -0.2) is 70.9 Å². The molecule has 0 spiro atoms. The van der Waals surface area contributed by atoms with Crippen molar-refractivity contribution in [1.82, 2.24) is 19.7 Å². The second-order valence-electron chi connectivity index (χ2n) is 7.11. The third-order valence-corrected chi connectivity index (χ3v) is 5.04. The lowest BCUT2D eigenvalue weighted by atomic mass is 10.0. The zero-order chi connectivity index (χ0) is 17.9. The largest absolute Gasteiger partial charge is 0.389 e. The summed E-state index contributed by atoms with van der Waals surface area (Å²) in [6, 6.07) is 4.03. The second-order valence-corrected chi connectivity index (χ2v) is 7.11. The quantitative estimate of drug-likeness (QED) is 0.787. The number of hydrogen-bond donors (Lipinski definition) is 1. The maximum absolute atomic E-state index is 9.61. The zero-order valence-corrected chi connectivity index (χ0v) is 15.2. The molecule has 2 aliphatic heterocycles. The fourth-order valence-electron chi connectivity index (χ4n) is 3.39. The van der Waals surface area contributed by atoms with E-state index < -0.39 is 0 Å². The van der Waals surface area contributed by atoms with Crippen LogP contribution in [-0.2, 0) is 11.3 Å². The third kappa shape index (κ3) is 3.81. The fraction of sp³-hybridized carbons (Fsp3) is 0.611. The van der Waals surface area contributed by atoms with Gasteiger partial charge >= 0.3 is 0 Å². The van der Waals surface area contributed by atoms with E-state index in [0.29, 0.717) is 25.0 Å². The molecule has 0 amide bonds. The van der Waals surface area contributed by atoms with Crippen molar-refractivity contribution in [2.75, 3.05) is 49.7 Å². The summed E-state index contributed by atoms with van der Waals surface area (Å²) in [5.41, 5.74) is 1.04. The summed E-state index contributed by atoms with van der Waals surface area (Å²) >= 11 is 0. The first kappa shape index (κ1) is 17.2. The van der Waals surface area contributed by atoms with E-state index in [4.69, 9.17) is 14.7 Å². The molecule has 26 heavy (non-hydrogen) atoms. The molecule has 0 aliphatic carbocycles. The van der Waals surface area contributed by atoms with Gasteiger partial charge < -0.3 is 19.6 Å². The molecule has 2 saturated heterocycles. The number of aliphatic hydroxyl groups excluding tert-OH is 1. The predicted octanol–water partition coefficient (Wildman–Crippen LogP) is 0.884. The van der Waals surface area contributed by atoms with E-state index in [1.807, 2.05) is 21.8 Å². The summed E-state index contributed by atoms with van der Waals surface area (Å²) in [4.78, 5) is 13.7. The molecule has 2 aromatic rings. The lowest BCUT2D eigenvalue weighted by Gasteiger charge is -2.36. The molecule has 8 nitrogen and oxygen atoms in total. The molecule has 2 aliphatic rings. The highest BCUT2D eigenvalue weighted by Gasteiger charge is 2.29. The number of ether oxygens (including phenoxy) is 1. The summed E-state index contributed by atoms with van der Waals surface area (Å²) in [5.74, 6) is 1.98. The van der Waals surface area contributed by atoms with E-state index in [1.165, 1.54) is 0 Å². The first-order valence-corrected chi connectivity index (χ1v) is 9.27. The van der Waals surface area contributed by atoms with Crippen molar-refractivity contribution in [3.05, 3.63) is 30.2 Å². The molecule has 0 bridgehead atoms.